The molecule has 1 unspecified atom stereocenters. The smallest absolute Gasteiger partial charge is 0.265 e. The molecule has 140 valence electrons. The van der Waals surface area contributed by atoms with E-state index in [-0.39, 0.29) is 5.91 Å². The molecule has 1 amide bonds. The van der Waals surface area contributed by atoms with Gasteiger partial charge in [0.1, 0.15) is 5.75 Å². The zero-order valence-corrected chi connectivity index (χ0v) is 16.3. The van der Waals surface area contributed by atoms with Gasteiger partial charge in [-0.1, -0.05) is 25.5 Å². The third-order valence-corrected chi connectivity index (χ3v) is 4.41. The van der Waals surface area contributed by atoms with E-state index in [4.69, 9.17) is 4.74 Å². The summed E-state index contributed by atoms with van der Waals surface area (Å²) in [6, 6.07) is 15.9. The molecule has 2 rings (SSSR count). The van der Waals surface area contributed by atoms with E-state index in [1.807, 2.05) is 36.4 Å². The lowest BCUT2D eigenvalue weighted by Gasteiger charge is -2.21. The van der Waals surface area contributed by atoms with Crippen LogP contribution in [0.3, 0.4) is 0 Å². The van der Waals surface area contributed by atoms with Crippen molar-refractivity contribution >= 4 is 17.3 Å². The first-order valence-electron chi connectivity index (χ1n) is 9.48. The van der Waals surface area contributed by atoms with Crippen molar-refractivity contribution in [3.63, 3.8) is 0 Å². The van der Waals surface area contributed by atoms with Gasteiger partial charge in [0.05, 0.1) is 0 Å². The molecule has 2 aromatic rings. The van der Waals surface area contributed by atoms with Crippen LogP contribution >= 0.6 is 0 Å². The first kappa shape index (κ1) is 19.8. The van der Waals surface area contributed by atoms with E-state index in [1.54, 1.807) is 6.92 Å². The number of nitrogens with one attached hydrogen (secondary N) is 1. The maximum atomic E-state index is 12.4. The van der Waals surface area contributed by atoms with E-state index in [9.17, 15) is 4.79 Å². The fraction of sp³-hybridized carbons (Fsp3) is 0.409. The normalized spacial score (nSPS) is 11.7. The lowest BCUT2D eigenvalue weighted by Crippen LogP contribution is -2.30. The Kier molecular flexibility index (Phi) is 7.52. The average Bonchev–Trinajstić information content (AvgIpc) is 2.66. The summed E-state index contributed by atoms with van der Waals surface area (Å²) in [5.41, 5.74) is 3.22. The third kappa shape index (κ3) is 5.51. The second-order valence-corrected chi connectivity index (χ2v) is 6.36. The number of benzene rings is 2. The Hall–Kier alpha value is -2.49. The van der Waals surface area contributed by atoms with Crippen molar-refractivity contribution < 1.29 is 9.53 Å². The van der Waals surface area contributed by atoms with Crippen LogP contribution in [0.4, 0.5) is 11.4 Å². The Morgan fingerprint density at radius 2 is 1.62 bits per heavy atom. The van der Waals surface area contributed by atoms with Gasteiger partial charge in [-0.15, -0.1) is 0 Å². The predicted octanol–water partition coefficient (Wildman–Crippen LogP) is 4.89. The van der Waals surface area contributed by atoms with Gasteiger partial charge < -0.3 is 15.0 Å². The monoisotopic (exact) mass is 354 g/mol. The van der Waals surface area contributed by atoms with E-state index in [0.29, 0.717) is 5.75 Å². The zero-order valence-electron chi connectivity index (χ0n) is 16.3. The van der Waals surface area contributed by atoms with Crippen LogP contribution in [0.1, 0.15) is 39.7 Å². The predicted molar refractivity (Wildman–Crippen MR) is 109 cm³/mol. The topological polar surface area (TPSA) is 41.6 Å². The minimum atomic E-state index is -0.561. The number of carbonyl (C=O) groups is 1. The van der Waals surface area contributed by atoms with Crippen molar-refractivity contribution in [3.8, 4) is 5.75 Å². The van der Waals surface area contributed by atoms with Crippen LogP contribution in [0.25, 0.3) is 0 Å². The van der Waals surface area contributed by atoms with E-state index < -0.39 is 6.10 Å². The number of amides is 1. The Bertz CT molecular complexity index is 676. The highest BCUT2D eigenvalue weighted by Gasteiger charge is 2.15. The van der Waals surface area contributed by atoms with E-state index in [0.717, 1.165) is 37.3 Å². The second-order valence-electron chi connectivity index (χ2n) is 6.36. The molecule has 1 N–H and O–H groups in total. The molecule has 0 aromatic heterocycles. The van der Waals surface area contributed by atoms with Gasteiger partial charge in [0.25, 0.3) is 5.91 Å². The van der Waals surface area contributed by atoms with Gasteiger partial charge in [-0.3, -0.25) is 4.79 Å². The largest absolute Gasteiger partial charge is 0.481 e. The number of nitrogens with zero attached hydrogens (tertiary/aromatic N) is 1. The van der Waals surface area contributed by atoms with E-state index in [1.165, 1.54) is 5.56 Å². The lowest BCUT2D eigenvalue weighted by molar-refractivity contribution is -0.122. The molecular formula is C22H30N2O2. The second kappa shape index (κ2) is 9.85. The van der Waals surface area contributed by atoms with Crippen LogP contribution in [-0.2, 0) is 11.2 Å². The van der Waals surface area contributed by atoms with Gasteiger partial charge in [-0.2, -0.15) is 0 Å². The summed E-state index contributed by atoms with van der Waals surface area (Å²) in [4.78, 5) is 14.6. The summed E-state index contributed by atoms with van der Waals surface area (Å²) >= 11 is 0. The van der Waals surface area contributed by atoms with Crippen LogP contribution < -0.4 is 15.0 Å². The molecule has 0 aliphatic rings. The van der Waals surface area contributed by atoms with Crippen LogP contribution in [0.2, 0.25) is 0 Å². The molecule has 0 bridgehead atoms. The molecule has 2 aromatic carbocycles. The van der Waals surface area contributed by atoms with Gasteiger partial charge in [-0.25, -0.2) is 0 Å². The van der Waals surface area contributed by atoms with Gasteiger partial charge >= 0.3 is 0 Å². The lowest BCUT2D eigenvalue weighted by atomic mass is 10.1. The molecule has 0 saturated heterocycles. The van der Waals surface area contributed by atoms with Crippen molar-refractivity contribution in [2.45, 2.75) is 46.6 Å². The van der Waals surface area contributed by atoms with Crippen molar-refractivity contribution in [3.05, 3.63) is 54.1 Å². The number of rotatable bonds is 9. The highest BCUT2D eigenvalue weighted by atomic mass is 16.5. The number of aryl methyl sites for hydroxylation is 1. The molecule has 0 aliphatic heterocycles. The van der Waals surface area contributed by atoms with E-state index in [2.05, 4.69) is 43.1 Å². The minimum Gasteiger partial charge on any atom is -0.481 e. The molecule has 1 atom stereocenters. The number of anilines is 2. The summed E-state index contributed by atoms with van der Waals surface area (Å²) in [6.07, 6.45) is 1.61. The highest BCUT2D eigenvalue weighted by Crippen LogP contribution is 2.19. The molecule has 0 heterocycles. The van der Waals surface area contributed by atoms with Gasteiger partial charge in [0, 0.05) is 24.5 Å². The van der Waals surface area contributed by atoms with Crippen LogP contribution in [0.15, 0.2) is 48.5 Å². The SMILES string of the molecule is CCCc1ccc(OC(C)C(=O)Nc2ccc(N(CC)CC)cc2)cc1. The molecule has 4 nitrogen and oxygen atoms in total. The zero-order chi connectivity index (χ0) is 18.9. The maximum Gasteiger partial charge on any atom is 0.265 e. The standard InChI is InChI=1S/C22H30N2O2/c1-5-8-18-9-15-21(16-10-18)26-17(4)22(25)23-19-11-13-20(14-12-19)24(6-2)7-3/h9-17H,5-8H2,1-4H3,(H,23,25). The quantitative estimate of drug-likeness (QED) is 0.697. The average molecular weight is 354 g/mol. The number of carbonyl (C=O) groups excluding carboxylic acids is 1. The molecule has 0 spiro atoms. The molecule has 0 radical (unpaired) electrons. The van der Waals surface area contributed by atoms with Crippen molar-refractivity contribution in [1.29, 1.82) is 0 Å². The van der Waals surface area contributed by atoms with Crippen LogP contribution in [0.5, 0.6) is 5.75 Å². The summed E-state index contributed by atoms with van der Waals surface area (Å²) in [6.45, 7) is 10.1. The minimum absolute atomic E-state index is 0.154. The molecule has 26 heavy (non-hydrogen) atoms. The Balaban J connectivity index is 1.91. The Morgan fingerprint density at radius 1 is 1.00 bits per heavy atom. The van der Waals surface area contributed by atoms with Gasteiger partial charge in [0.15, 0.2) is 6.10 Å². The Morgan fingerprint density at radius 3 is 2.15 bits per heavy atom. The number of hydrogen-bond donors (Lipinski definition) is 1. The van der Waals surface area contributed by atoms with E-state index >= 15 is 0 Å². The first-order chi connectivity index (χ1) is 12.6. The molecule has 4 heteroatoms. The fourth-order valence-electron chi connectivity index (χ4n) is 2.87. The first-order valence-corrected chi connectivity index (χ1v) is 9.48. The van der Waals surface area contributed by atoms with Crippen molar-refractivity contribution in [2.24, 2.45) is 0 Å². The fourth-order valence-corrected chi connectivity index (χ4v) is 2.87. The van der Waals surface area contributed by atoms with Gasteiger partial charge in [0.2, 0.25) is 0 Å². The molecule has 0 saturated carbocycles. The number of ether oxygens (including phenoxy) is 1. The van der Waals surface area contributed by atoms with Crippen molar-refractivity contribution in [1.82, 2.24) is 0 Å². The highest BCUT2D eigenvalue weighted by molar-refractivity contribution is 5.94. The summed E-state index contributed by atoms with van der Waals surface area (Å²) in [7, 11) is 0. The molecule has 0 fully saturated rings. The van der Waals surface area contributed by atoms with Crippen molar-refractivity contribution in [2.75, 3.05) is 23.3 Å². The van der Waals surface area contributed by atoms with Crippen LogP contribution in [0, 0.1) is 0 Å². The summed E-state index contributed by atoms with van der Waals surface area (Å²) in [5, 5.41) is 2.91. The summed E-state index contributed by atoms with van der Waals surface area (Å²) in [5.74, 6) is 0.558. The van der Waals surface area contributed by atoms with Crippen LogP contribution in [-0.4, -0.2) is 25.1 Å². The van der Waals surface area contributed by atoms with Gasteiger partial charge in [-0.05, 0) is 69.2 Å². The number of hydrogen-bond acceptors (Lipinski definition) is 3. The maximum absolute atomic E-state index is 12.4. The summed E-state index contributed by atoms with van der Waals surface area (Å²) < 4.78 is 5.76. The molecule has 0 aliphatic carbocycles. The Labute approximate surface area is 157 Å². The molecular weight excluding hydrogens is 324 g/mol. The third-order valence-electron chi connectivity index (χ3n) is 4.41.